The Hall–Kier alpha value is -0.120. The van der Waals surface area contributed by atoms with E-state index in [9.17, 15) is 0 Å². The molecule has 0 amide bonds. The first-order valence-corrected chi connectivity index (χ1v) is 7.23. The SMILES string of the molecule is CCC1CCC(C)N1C1(CN)CC(C)N(C)C1. The smallest absolute Gasteiger partial charge is 0.0478 e. The minimum absolute atomic E-state index is 0.241. The zero-order valence-corrected chi connectivity index (χ0v) is 11.9. The van der Waals surface area contributed by atoms with Crippen molar-refractivity contribution >= 4 is 0 Å². The zero-order valence-electron chi connectivity index (χ0n) is 11.9. The number of nitrogens with zero attached hydrogens (tertiary/aromatic N) is 2. The molecule has 2 rings (SSSR count). The van der Waals surface area contributed by atoms with Crippen LogP contribution in [0.5, 0.6) is 0 Å². The summed E-state index contributed by atoms with van der Waals surface area (Å²) in [5.74, 6) is 0. The highest BCUT2D eigenvalue weighted by Crippen LogP contribution is 2.39. The van der Waals surface area contributed by atoms with E-state index in [1.165, 1.54) is 25.7 Å². The maximum Gasteiger partial charge on any atom is 0.0478 e. The summed E-state index contributed by atoms with van der Waals surface area (Å²) in [4.78, 5) is 5.25. The van der Waals surface area contributed by atoms with Crippen LogP contribution in [0.15, 0.2) is 0 Å². The Morgan fingerprint density at radius 2 is 1.94 bits per heavy atom. The normalized spacial score (nSPS) is 44.6. The molecule has 2 fully saturated rings. The van der Waals surface area contributed by atoms with E-state index in [0.29, 0.717) is 12.1 Å². The average Bonchev–Trinajstić information content (AvgIpc) is 2.81. The van der Waals surface area contributed by atoms with E-state index < -0.39 is 0 Å². The summed E-state index contributed by atoms with van der Waals surface area (Å²) in [6, 6.07) is 2.14. The summed E-state index contributed by atoms with van der Waals surface area (Å²) in [7, 11) is 2.24. The van der Waals surface area contributed by atoms with Crippen molar-refractivity contribution in [1.82, 2.24) is 9.80 Å². The van der Waals surface area contributed by atoms with E-state index in [2.05, 4.69) is 37.6 Å². The van der Waals surface area contributed by atoms with E-state index in [4.69, 9.17) is 5.73 Å². The highest BCUT2D eigenvalue weighted by atomic mass is 15.3. The molecule has 4 unspecified atom stereocenters. The molecule has 100 valence electrons. The lowest BCUT2D eigenvalue weighted by Crippen LogP contribution is -2.59. The maximum atomic E-state index is 6.18. The molecule has 4 atom stereocenters. The fourth-order valence-corrected chi connectivity index (χ4v) is 4.16. The van der Waals surface area contributed by atoms with Crippen LogP contribution in [0.25, 0.3) is 0 Å². The lowest BCUT2D eigenvalue weighted by molar-refractivity contribution is 0.0531. The molecule has 17 heavy (non-hydrogen) atoms. The van der Waals surface area contributed by atoms with Gasteiger partial charge in [0.1, 0.15) is 0 Å². The lowest BCUT2D eigenvalue weighted by Gasteiger charge is -2.44. The summed E-state index contributed by atoms with van der Waals surface area (Å²) in [5, 5.41) is 0. The maximum absolute atomic E-state index is 6.18. The van der Waals surface area contributed by atoms with Gasteiger partial charge in [-0.25, -0.2) is 0 Å². The molecular weight excluding hydrogens is 210 g/mol. The van der Waals surface area contributed by atoms with Gasteiger partial charge in [0.15, 0.2) is 0 Å². The van der Waals surface area contributed by atoms with E-state index in [1.54, 1.807) is 0 Å². The number of hydrogen-bond acceptors (Lipinski definition) is 3. The van der Waals surface area contributed by atoms with Crippen molar-refractivity contribution in [2.24, 2.45) is 5.73 Å². The second-order valence-electron chi connectivity index (χ2n) is 6.29. The quantitative estimate of drug-likeness (QED) is 0.813. The first-order valence-electron chi connectivity index (χ1n) is 7.23. The van der Waals surface area contributed by atoms with Gasteiger partial charge in [0, 0.05) is 36.8 Å². The molecule has 0 aromatic rings. The van der Waals surface area contributed by atoms with E-state index >= 15 is 0 Å². The van der Waals surface area contributed by atoms with Crippen LogP contribution < -0.4 is 5.73 Å². The Balaban J connectivity index is 2.22. The highest BCUT2D eigenvalue weighted by Gasteiger charge is 2.49. The third-order valence-electron chi connectivity index (χ3n) is 5.16. The molecule has 0 saturated carbocycles. The van der Waals surface area contributed by atoms with Crippen LogP contribution in [0.4, 0.5) is 0 Å². The molecule has 3 heteroatoms. The fraction of sp³-hybridized carbons (Fsp3) is 1.00. The van der Waals surface area contributed by atoms with Gasteiger partial charge in [-0.2, -0.15) is 0 Å². The fourth-order valence-electron chi connectivity index (χ4n) is 4.16. The van der Waals surface area contributed by atoms with Crippen LogP contribution >= 0.6 is 0 Å². The van der Waals surface area contributed by atoms with Gasteiger partial charge in [0.25, 0.3) is 0 Å². The number of hydrogen-bond donors (Lipinski definition) is 1. The highest BCUT2D eigenvalue weighted by molar-refractivity contribution is 5.07. The van der Waals surface area contributed by atoms with Crippen molar-refractivity contribution in [3.8, 4) is 0 Å². The molecular formula is C14H29N3. The summed E-state index contributed by atoms with van der Waals surface area (Å²) >= 11 is 0. The van der Waals surface area contributed by atoms with E-state index in [-0.39, 0.29) is 5.54 Å². The third kappa shape index (κ3) is 2.13. The van der Waals surface area contributed by atoms with Crippen LogP contribution in [0.2, 0.25) is 0 Å². The Morgan fingerprint density at radius 3 is 2.41 bits per heavy atom. The average molecular weight is 239 g/mol. The summed E-state index contributed by atoms with van der Waals surface area (Å²) in [6.07, 6.45) is 5.21. The second kappa shape index (κ2) is 4.87. The first kappa shape index (κ1) is 13.3. The minimum Gasteiger partial charge on any atom is -0.329 e. The Bertz CT molecular complexity index is 256. The van der Waals surface area contributed by atoms with Crippen LogP contribution in [0.1, 0.15) is 46.5 Å². The molecule has 2 heterocycles. The number of likely N-dealkylation sites (N-methyl/N-ethyl adjacent to an activating group) is 1. The Labute approximate surface area is 106 Å². The van der Waals surface area contributed by atoms with E-state index in [0.717, 1.165) is 19.1 Å². The Kier molecular flexibility index (Phi) is 3.81. The van der Waals surface area contributed by atoms with Gasteiger partial charge >= 0.3 is 0 Å². The monoisotopic (exact) mass is 239 g/mol. The molecule has 0 radical (unpaired) electrons. The molecule has 0 aromatic heterocycles. The lowest BCUT2D eigenvalue weighted by atomic mass is 9.91. The molecule has 0 spiro atoms. The van der Waals surface area contributed by atoms with E-state index in [1.807, 2.05) is 0 Å². The largest absolute Gasteiger partial charge is 0.329 e. The van der Waals surface area contributed by atoms with Crippen LogP contribution in [0, 0.1) is 0 Å². The first-order chi connectivity index (χ1) is 8.04. The molecule has 0 bridgehead atoms. The third-order valence-corrected chi connectivity index (χ3v) is 5.16. The second-order valence-corrected chi connectivity index (χ2v) is 6.29. The van der Waals surface area contributed by atoms with Crippen molar-refractivity contribution in [2.45, 2.75) is 70.1 Å². The molecule has 2 aliphatic heterocycles. The van der Waals surface area contributed by atoms with Gasteiger partial charge in [-0.05, 0) is 46.6 Å². The molecule has 2 N–H and O–H groups in total. The molecule has 3 nitrogen and oxygen atoms in total. The van der Waals surface area contributed by atoms with Crippen LogP contribution in [-0.2, 0) is 0 Å². The summed E-state index contributed by atoms with van der Waals surface area (Å²) in [6.45, 7) is 8.99. The van der Waals surface area contributed by atoms with Gasteiger partial charge in [-0.1, -0.05) is 6.92 Å². The van der Waals surface area contributed by atoms with Crippen molar-refractivity contribution < 1.29 is 0 Å². The summed E-state index contributed by atoms with van der Waals surface area (Å²) in [5.41, 5.74) is 6.42. The topological polar surface area (TPSA) is 32.5 Å². The Morgan fingerprint density at radius 1 is 1.24 bits per heavy atom. The van der Waals surface area contributed by atoms with Crippen LogP contribution in [-0.4, -0.2) is 53.6 Å². The standard InChI is InChI=1S/C14H29N3/c1-5-13-7-6-11(2)17(13)14(9-15)8-12(3)16(4)10-14/h11-13H,5-10,15H2,1-4H3. The van der Waals surface area contributed by atoms with Gasteiger partial charge in [-0.15, -0.1) is 0 Å². The molecule has 2 saturated heterocycles. The van der Waals surface area contributed by atoms with Gasteiger partial charge < -0.3 is 10.6 Å². The van der Waals surface area contributed by atoms with Crippen LogP contribution in [0.3, 0.4) is 0 Å². The predicted molar refractivity (Wildman–Crippen MR) is 73.1 cm³/mol. The van der Waals surface area contributed by atoms with Crippen molar-refractivity contribution in [3.05, 3.63) is 0 Å². The van der Waals surface area contributed by atoms with Crippen molar-refractivity contribution in [2.75, 3.05) is 20.1 Å². The zero-order chi connectivity index (χ0) is 12.6. The number of likely N-dealkylation sites (tertiary alicyclic amines) is 2. The molecule has 0 aliphatic carbocycles. The molecule has 2 aliphatic rings. The minimum atomic E-state index is 0.241. The summed E-state index contributed by atoms with van der Waals surface area (Å²) < 4.78 is 0. The number of rotatable bonds is 3. The number of nitrogens with two attached hydrogens (primary N) is 1. The van der Waals surface area contributed by atoms with Crippen molar-refractivity contribution in [1.29, 1.82) is 0 Å². The molecule has 0 aromatic carbocycles. The van der Waals surface area contributed by atoms with Gasteiger partial charge in [-0.3, -0.25) is 4.90 Å². The predicted octanol–water partition coefficient (Wildman–Crippen LogP) is 1.67. The van der Waals surface area contributed by atoms with Crippen molar-refractivity contribution in [3.63, 3.8) is 0 Å². The van der Waals surface area contributed by atoms with Gasteiger partial charge in [0.05, 0.1) is 0 Å². The van der Waals surface area contributed by atoms with Gasteiger partial charge in [0.2, 0.25) is 0 Å².